The topological polar surface area (TPSA) is 38.5 Å². The van der Waals surface area contributed by atoms with E-state index in [1.54, 1.807) is 0 Å². The second-order valence-electron chi connectivity index (χ2n) is 5.70. The molecule has 0 aliphatic carbocycles. The monoisotopic (exact) mass is 262 g/mol. The van der Waals surface area contributed by atoms with Gasteiger partial charge in [0.05, 0.1) is 11.8 Å². The number of anilines is 1. The highest BCUT2D eigenvalue weighted by atomic mass is 16.5. The van der Waals surface area contributed by atoms with Crippen molar-refractivity contribution in [2.24, 2.45) is 0 Å². The molecule has 1 aliphatic rings. The zero-order valence-electron chi connectivity index (χ0n) is 12.4. The third kappa shape index (κ3) is 3.63. The molecule has 3 heteroatoms. The van der Waals surface area contributed by atoms with Crippen LogP contribution in [0.3, 0.4) is 0 Å². The zero-order valence-corrected chi connectivity index (χ0v) is 12.4. The molecule has 1 atom stereocenters. The highest BCUT2D eigenvalue weighted by molar-refractivity contribution is 5.54. The maximum absolute atomic E-state index is 5.99. The molecule has 1 fully saturated rings. The van der Waals surface area contributed by atoms with Crippen LogP contribution < -0.4 is 10.5 Å². The summed E-state index contributed by atoms with van der Waals surface area (Å²) in [7, 11) is 0. The summed E-state index contributed by atoms with van der Waals surface area (Å²) < 4.78 is 5.79. The third-order valence-corrected chi connectivity index (χ3v) is 3.82. The van der Waals surface area contributed by atoms with Crippen LogP contribution in [0.4, 0.5) is 5.69 Å². The molecule has 106 valence electrons. The summed E-state index contributed by atoms with van der Waals surface area (Å²) in [5, 5.41) is 0. The fraction of sp³-hybridized carbons (Fsp3) is 0.625. The lowest BCUT2D eigenvalue weighted by atomic mass is 9.90. The number of benzene rings is 1. The molecule has 0 bridgehead atoms. The Morgan fingerprint density at radius 1 is 1.42 bits per heavy atom. The Morgan fingerprint density at radius 2 is 2.21 bits per heavy atom. The minimum absolute atomic E-state index is 0.163. The number of piperidine rings is 1. The van der Waals surface area contributed by atoms with Gasteiger partial charge in [0.25, 0.3) is 0 Å². The molecule has 1 heterocycles. The quantitative estimate of drug-likeness (QED) is 0.846. The van der Waals surface area contributed by atoms with E-state index >= 15 is 0 Å². The summed E-state index contributed by atoms with van der Waals surface area (Å²) in [6.07, 6.45) is 2.71. The minimum atomic E-state index is 0.163. The predicted octanol–water partition coefficient (Wildman–Crippen LogP) is 3.26. The maximum Gasteiger partial charge on any atom is 0.142 e. The number of likely N-dealkylation sites (tertiary alicyclic amines) is 1. The van der Waals surface area contributed by atoms with E-state index < -0.39 is 0 Å². The molecule has 0 spiro atoms. The standard InChI is InChI=1S/C16H26N2O/c1-4-18-9-5-6-14(11-18)13-7-8-15(17)16(10-13)19-12(2)3/h7-8,10,12,14H,4-6,9,11,17H2,1-3H3. The van der Waals surface area contributed by atoms with Crippen LogP contribution in [0.25, 0.3) is 0 Å². The first-order valence-electron chi connectivity index (χ1n) is 7.38. The van der Waals surface area contributed by atoms with Crippen LogP contribution in [0.1, 0.15) is 45.1 Å². The van der Waals surface area contributed by atoms with E-state index in [0.29, 0.717) is 5.92 Å². The fourth-order valence-corrected chi connectivity index (χ4v) is 2.78. The number of nitrogens with zero attached hydrogens (tertiary/aromatic N) is 1. The Morgan fingerprint density at radius 3 is 2.89 bits per heavy atom. The van der Waals surface area contributed by atoms with Crippen LogP contribution in [-0.4, -0.2) is 30.6 Å². The molecule has 1 unspecified atom stereocenters. The molecule has 0 radical (unpaired) electrons. The second kappa shape index (κ2) is 6.29. The molecule has 1 aromatic rings. The van der Waals surface area contributed by atoms with Gasteiger partial charge in [-0.1, -0.05) is 13.0 Å². The van der Waals surface area contributed by atoms with Gasteiger partial charge in [-0.15, -0.1) is 0 Å². The van der Waals surface area contributed by atoms with E-state index in [-0.39, 0.29) is 6.10 Å². The Kier molecular flexibility index (Phi) is 4.70. The van der Waals surface area contributed by atoms with Gasteiger partial charge in [0.2, 0.25) is 0 Å². The van der Waals surface area contributed by atoms with Crippen LogP contribution in [0.2, 0.25) is 0 Å². The molecule has 0 amide bonds. The van der Waals surface area contributed by atoms with Crippen LogP contribution in [0, 0.1) is 0 Å². The number of likely N-dealkylation sites (N-methyl/N-ethyl adjacent to an activating group) is 1. The van der Waals surface area contributed by atoms with Gasteiger partial charge >= 0.3 is 0 Å². The summed E-state index contributed by atoms with van der Waals surface area (Å²) in [6.45, 7) is 9.83. The number of ether oxygens (including phenoxy) is 1. The lowest BCUT2D eigenvalue weighted by molar-refractivity contribution is 0.216. The third-order valence-electron chi connectivity index (χ3n) is 3.82. The highest BCUT2D eigenvalue weighted by Gasteiger charge is 2.21. The number of nitrogen functional groups attached to an aromatic ring is 1. The zero-order chi connectivity index (χ0) is 13.8. The summed E-state index contributed by atoms with van der Waals surface area (Å²) in [6, 6.07) is 6.28. The van der Waals surface area contributed by atoms with E-state index in [9.17, 15) is 0 Å². The highest BCUT2D eigenvalue weighted by Crippen LogP contribution is 2.32. The Balaban J connectivity index is 2.15. The Labute approximate surface area is 116 Å². The summed E-state index contributed by atoms with van der Waals surface area (Å²) in [5.41, 5.74) is 8.09. The van der Waals surface area contributed by atoms with E-state index in [1.165, 1.54) is 24.9 Å². The molecule has 1 saturated heterocycles. The lowest BCUT2D eigenvalue weighted by Gasteiger charge is -2.32. The van der Waals surface area contributed by atoms with Crippen molar-refractivity contribution >= 4 is 5.69 Å². The molecular formula is C16H26N2O. The Hall–Kier alpha value is -1.22. The van der Waals surface area contributed by atoms with Gasteiger partial charge in [0.15, 0.2) is 0 Å². The summed E-state index contributed by atoms with van der Waals surface area (Å²) in [5.74, 6) is 1.45. The van der Waals surface area contributed by atoms with E-state index in [2.05, 4.69) is 24.0 Å². The molecule has 0 aromatic heterocycles. The average Bonchev–Trinajstić information content (AvgIpc) is 2.41. The second-order valence-corrected chi connectivity index (χ2v) is 5.70. The van der Waals surface area contributed by atoms with Crippen LogP contribution in [-0.2, 0) is 0 Å². The van der Waals surface area contributed by atoms with Crippen LogP contribution >= 0.6 is 0 Å². The lowest BCUT2D eigenvalue weighted by Crippen LogP contribution is -2.34. The molecule has 2 N–H and O–H groups in total. The first kappa shape index (κ1) is 14.2. The number of nitrogens with two attached hydrogens (primary N) is 1. The van der Waals surface area contributed by atoms with Crippen molar-refractivity contribution in [3.63, 3.8) is 0 Å². The minimum Gasteiger partial charge on any atom is -0.489 e. The van der Waals surface area contributed by atoms with E-state index in [0.717, 1.165) is 24.5 Å². The number of rotatable bonds is 4. The van der Waals surface area contributed by atoms with Crippen molar-refractivity contribution in [2.75, 3.05) is 25.4 Å². The molecule has 1 aliphatic heterocycles. The first-order valence-corrected chi connectivity index (χ1v) is 7.38. The van der Waals surface area contributed by atoms with E-state index in [4.69, 9.17) is 10.5 Å². The van der Waals surface area contributed by atoms with Crippen molar-refractivity contribution in [1.29, 1.82) is 0 Å². The molecule has 2 rings (SSSR count). The van der Waals surface area contributed by atoms with Gasteiger partial charge in [-0.2, -0.15) is 0 Å². The molecule has 1 aromatic carbocycles. The summed E-state index contributed by atoms with van der Waals surface area (Å²) >= 11 is 0. The van der Waals surface area contributed by atoms with Gasteiger partial charge in [0.1, 0.15) is 5.75 Å². The average molecular weight is 262 g/mol. The van der Waals surface area contributed by atoms with Crippen molar-refractivity contribution in [3.05, 3.63) is 23.8 Å². The van der Waals surface area contributed by atoms with Crippen molar-refractivity contribution in [1.82, 2.24) is 4.90 Å². The van der Waals surface area contributed by atoms with Crippen molar-refractivity contribution in [2.45, 2.75) is 45.6 Å². The number of hydrogen-bond acceptors (Lipinski definition) is 3. The summed E-state index contributed by atoms with van der Waals surface area (Å²) in [4.78, 5) is 2.52. The van der Waals surface area contributed by atoms with Gasteiger partial charge in [0, 0.05) is 6.54 Å². The van der Waals surface area contributed by atoms with Gasteiger partial charge in [-0.05, 0) is 63.4 Å². The first-order chi connectivity index (χ1) is 9.10. The molecule has 0 saturated carbocycles. The molecule has 19 heavy (non-hydrogen) atoms. The largest absolute Gasteiger partial charge is 0.489 e. The van der Waals surface area contributed by atoms with Crippen LogP contribution in [0.15, 0.2) is 18.2 Å². The molecule has 3 nitrogen and oxygen atoms in total. The van der Waals surface area contributed by atoms with Crippen molar-refractivity contribution in [3.8, 4) is 5.75 Å². The fourth-order valence-electron chi connectivity index (χ4n) is 2.78. The normalized spacial score (nSPS) is 20.7. The SMILES string of the molecule is CCN1CCCC(c2ccc(N)c(OC(C)C)c2)C1. The van der Waals surface area contributed by atoms with Crippen LogP contribution in [0.5, 0.6) is 5.75 Å². The van der Waals surface area contributed by atoms with Crippen molar-refractivity contribution < 1.29 is 4.74 Å². The van der Waals surface area contributed by atoms with Gasteiger partial charge in [-0.3, -0.25) is 0 Å². The maximum atomic E-state index is 5.99. The smallest absolute Gasteiger partial charge is 0.142 e. The van der Waals surface area contributed by atoms with Gasteiger partial charge < -0.3 is 15.4 Å². The molecular weight excluding hydrogens is 236 g/mol. The number of hydrogen-bond donors (Lipinski definition) is 1. The Bertz CT molecular complexity index is 417. The van der Waals surface area contributed by atoms with Gasteiger partial charge in [-0.25, -0.2) is 0 Å². The predicted molar refractivity (Wildman–Crippen MR) is 80.7 cm³/mol. The van der Waals surface area contributed by atoms with E-state index in [1.807, 2.05) is 19.9 Å².